The summed E-state index contributed by atoms with van der Waals surface area (Å²) in [6.07, 6.45) is -0.608. The van der Waals surface area contributed by atoms with E-state index in [0.717, 1.165) is 37.5 Å². The summed E-state index contributed by atoms with van der Waals surface area (Å²) in [5.74, 6) is 0. The van der Waals surface area contributed by atoms with Crippen LogP contribution in [0.4, 0.5) is 0 Å². The Bertz CT molecular complexity index is 808. The molecule has 0 heterocycles. The number of rotatable bonds is 2. The molecule has 0 saturated carbocycles. The third-order valence-corrected chi connectivity index (χ3v) is 4.85. The zero-order valence-electron chi connectivity index (χ0n) is 12.1. The smallest absolute Gasteiger partial charge is 0.105 e. The molecular weight excluding hydrogens is 324 g/mol. The number of hydrogen-bond donors (Lipinski definition) is 1. The summed E-state index contributed by atoms with van der Waals surface area (Å²) in [5, 5.41) is 13.1. The standard InChI is InChI=1S/C19H17BrO/c1-12-7-8-14-5-3-4-6-16(14)18(12)19(21)15-9-10-17(20)13(2)11-15/h3-11,19,21H,1-2H3. The second-order valence-electron chi connectivity index (χ2n) is 5.43. The van der Waals surface area contributed by atoms with Crippen LogP contribution in [-0.4, -0.2) is 5.11 Å². The van der Waals surface area contributed by atoms with Gasteiger partial charge in [0, 0.05) is 4.47 Å². The van der Waals surface area contributed by atoms with Crippen LogP contribution in [0.1, 0.15) is 28.4 Å². The molecule has 1 nitrogen and oxygen atoms in total. The van der Waals surface area contributed by atoms with E-state index >= 15 is 0 Å². The predicted octanol–water partition coefficient (Wildman–Crippen LogP) is 5.30. The number of hydrogen-bond acceptors (Lipinski definition) is 1. The lowest BCUT2D eigenvalue weighted by atomic mass is 9.91. The largest absolute Gasteiger partial charge is 0.384 e. The number of fused-ring (bicyclic) bond motifs is 1. The van der Waals surface area contributed by atoms with Crippen LogP contribution in [0.15, 0.2) is 59.1 Å². The molecule has 0 aliphatic carbocycles. The molecule has 0 bridgehead atoms. The molecule has 0 fully saturated rings. The fourth-order valence-corrected chi connectivity index (χ4v) is 3.02. The van der Waals surface area contributed by atoms with E-state index in [4.69, 9.17) is 0 Å². The summed E-state index contributed by atoms with van der Waals surface area (Å²) in [5.41, 5.74) is 4.16. The molecule has 21 heavy (non-hydrogen) atoms. The van der Waals surface area contributed by atoms with Crippen molar-refractivity contribution in [3.8, 4) is 0 Å². The van der Waals surface area contributed by atoms with Gasteiger partial charge < -0.3 is 5.11 Å². The Morgan fingerprint density at radius 2 is 1.67 bits per heavy atom. The monoisotopic (exact) mass is 340 g/mol. The van der Waals surface area contributed by atoms with E-state index in [0.29, 0.717) is 0 Å². The molecule has 0 aliphatic rings. The molecule has 3 aromatic carbocycles. The van der Waals surface area contributed by atoms with E-state index in [9.17, 15) is 5.11 Å². The molecule has 0 spiro atoms. The number of benzene rings is 3. The van der Waals surface area contributed by atoms with Crippen molar-refractivity contribution in [3.05, 3.63) is 81.3 Å². The van der Waals surface area contributed by atoms with Crippen LogP contribution in [0.3, 0.4) is 0 Å². The minimum Gasteiger partial charge on any atom is -0.384 e. The van der Waals surface area contributed by atoms with E-state index in [1.165, 1.54) is 0 Å². The first-order valence-electron chi connectivity index (χ1n) is 7.00. The quantitative estimate of drug-likeness (QED) is 0.670. The van der Waals surface area contributed by atoms with Gasteiger partial charge in [0.2, 0.25) is 0 Å². The summed E-state index contributed by atoms with van der Waals surface area (Å²) in [7, 11) is 0. The highest BCUT2D eigenvalue weighted by atomic mass is 79.9. The van der Waals surface area contributed by atoms with E-state index in [2.05, 4.69) is 47.1 Å². The molecule has 0 radical (unpaired) electrons. The lowest BCUT2D eigenvalue weighted by Crippen LogP contribution is -2.03. The van der Waals surface area contributed by atoms with Gasteiger partial charge in [0.25, 0.3) is 0 Å². The predicted molar refractivity (Wildman–Crippen MR) is 91.6 cm³/mol. The molecule has 1 unspecified atom stereocenters. The van der Waals surface area contributed by atoms with Crippen LogP contribution >= 0.6 is 15.9 Å². The van der Waals surface area contributed by atoms with Gasteiger partial charge >= 0.3 is 0 Å². The number of halogens is 1. The first kappa shape index (κ1) is 14.3. The molecule has 1 N–H and O–H groups in total. The average Bonchev–Trinajstić information content (AvgIpc) is 2.49. The van der Waals surface area contributed by atoms with Gasteiger partial charge in [-0.3, -0.25) is 0 Å². The number of aliphatic hydroxyl groups excluding tert-OH is 1. The highest BCUT2D eigenvalue weighted by Gasteiger charge is 2.16. The summed E-state index contributed by atoms with van der Waals surface area (Å²) >= 11 is 3.51. The van der Waals surface area contributed by atoms with E-state index in [1.54, 1.807) is 0 Å². The van der Waals surface area contributed by atoms with Crippen molar-refractivity contribution in [2.24, 2.45) is 0 Å². The van der Waals surface area contributed by atoms with E-state index in [1.807, 2.05) is 37.3 Å². The number of aliphatic hydroxyl groups is 1. The van der Waals surface area contributed by atoms with Crippen LogP contribution in [-0.2, 0) is 0 Å². The van der Waals surface area contributed by atoms with Crippen LogP contribution in [0.5, 0.6) is 0 Å². The second kappa shape index (κ2) is 5.63. The van der Waals surface area contributed by atoms with Crippen LogP contribution in [0.2, 0.25) is 0 Å². The van der Waals surface area contributed by atoms with Crippen LogP contribution in [0, 0.1) is 13.8 Å². The van der Waals surface area contributed by atoms with Crippen molar-refractivity contribution in [1.29, 1.82) is 0 Å². The second-order valence-corrected chi connectivity index (χ2v) is 6.28. The van der Waals surface area contributed by atoms with Crippen molar-refractivity contribution >= 4 is 26.7 Å². The molecule has 1 atom stereocenters. The van der Waals surface area contributed by atoms with Crippen molar-refractivity contribution < 1.29 is 5.11 Å². The zero-order chi connectivity index (χ0) is 15.0. The Hall–Kier alpha value is -1.64. The Kier molecular flexibility index (Phi) is 3.83. The molecule has 3 aromatic rings. The zero-order valence-corrected chi connectivity index (χ0v) is 13.7. The lowest BCUT2D eigenvalue weighted by molar-refractivity contribution is 0.221. The third kappa shape index (κ3) is 2.61. The molecule has 0 amide bonds. The number of aryl methyl sites for hydroxylation is 2. The van der Waals surface area contributed by atoms with Crippen LogP contribution in [0.25, 0.3) is 10.8 Å². The van der Waals surface area contributed by atoms with Crippen molar-refractivity contribution in [3.63, 3.8) is 0 Å². The van der Waals surface area contributed by atoms with Crippen molar-refractivity contribution in [2.45, 2.75) is 20.0 Å². The Morgan fingerprint density at radius 3 is 2.43 bits per heavy atom. The minimum absolute atomic E-state index is 0.608. The summed E-state index contributed by atoms with van der Waals surface area (Å²) in [6.45, 7) is 4.09. The minimum atomic E-state index is -0.608. The molecule has 2 heteroatoms. The molecule has 0 saturated heterocycles. The van der Waals surface area contributed by atoms with Crippen molar-refractivity contribution in [2.75, 3.05) is 0 Å². The normalized spacial score (nSPS) is 12.6. The van der Waals surface area contributed by atoms with Crippen molar-refractivity contribution in [1.82, 2.24) is 0 Å². The molecule has 0 aliphatic heterocycles. The fourth-order valence-electron chi connectivity index (χ4n) is 2.77. The molecule has 0 aromatic heterocycles. The van der Waals surface area contributed by atoms with Gasteiger partial charge in [-0.25, -0.2) is 0 Å². The Labute approximate surface area is 133 Å². The van der Waals surface area contributed by atoms with Gasteiger partial charge in [0.1, 0.15) is 6.10 Å². The van der Waals surface area contributed by atoms with Gasteiger partial charge in [-0.15, -0.1) is 0 Å². The maximum atomic E-state index is 10.9. The first-order valence-corrected chi connectivity index (χ1v) is 7.79. The SMILES string of the molecule is Cc1cc(C(O)c2c(C)ccc3ccccc23)ccc1Br. The third-order valence-electron chi connectivity index (χ3n) is 3.96. The summed E-state index contributed by atoms with van der Waals surface area (Å²) in [4.78, 5) is 0. The maximum Gasteiger partial charge on any atom is 0.105 e. The average molecular weight is 341 g/mol. The van der Waals surface area contributed by atoms with Gasteiger partial charge in [-0.05, 0) is 52.9 Å². The van der Waals surface area contributed by atoms with Gasteiger partial charge in [-0.1, -0.05) is 64.5 Å². The van der Waals surface area contributed by atoms with E-state index in [-0.39, 0.29) is 0 Å². The Balaban J connectivity index is 2.19. The molecule has 106 valence electrons. The molecule has 3 rings (SSSR count). The Morgan fingerprint density at radius 1 is 0.905 bits per heavy atom. The first-order chi connectivity index (χ1) is 10.1. The van der Waals surface area contributed by atoms with Gasteiger partial charge in [0.15, 0.2) is 0 Å². The lowest BCUT2D eigenvalue weighted by Gasteiger charge is -2.18. The maximum absolute atomic E-state index is 10.9. The highest BCUT2D eigenvalue weighted by molar-refractivity contribution is 9.10. The summed E-state index contributed by atoms with van der Waals surface area (Å²) < 4.78 is 1.06. The molecular formula is C19H17BrO. The summed E-state index contributed by atoms with van der Waals surface area (Å²) in [6, 6.07) is 18.4. The highest BCUT2D eigenvalue weighted by Crippen LogP contribution is 2.33. The van der Waals surface area contributed by atoms with Gasteiger partial charge in [-0.2, -0.15) is 0 Å². The fraction of sp³-hybridized carbons (Fsp3) is 0.158. The van der Waals surface area contributed by atoms with Gasteiger partial charge in [0.05, 0.1) is 0 Å². The van der Waals surface area contributed by atoms with E-state index < -0.39 is 6.10 Å². The topological polar surface area (TPSA) is 20.2 Å². The van der Waals surface area contributed by atoms with Crippen LogP contribution < -0.4 is 0 Å².